The minimum atomic E-state index is -3.94. The number of rotatable bonds is 6. The van der Waals surface area contributed by atoms with Gasteiger partial charge in [0, 0.05) is 11.1 Å². The number of aromatic nitrogens is 2. The van der Waals surface area contributed by atoms with E-state index in [1.54, 1.807) is 29.6 Å². The lowest BCUT2D eigenvalue weighted by Crippen LogP contribution is -2.27. The first-order chi connectivity index (χ1) is 16.6. The number of benzene rings is 1. The number of carbonyl (C=O) groups excluding carboxylic acids is 2. The highest BCUT2D eigenvalue weighted by molar-refractivity contribution is 9.11. The minimum absolute atomic E-state index is 0.0451. The van der Waals surface area contributed by atoms with Crippen LogP contribution in [0.15, 0.2) is 66.1 Å². The molecular formula is C22H13BrN2O6S4. The molecule has 0 N–H and O–H groups in total. The number of fused-ring (bicyclic) bond motifs is 2. The molecule has 8 nitrogen and oxygen atoms in total. The molecule has 13 heteroatoms. The molecule has 4 aromatic rings. The van der Waals surface area contributed by atoms with E-state index in [0.29, 0.717) is 3.79 Å². The fraction of sp³-hybridized carbons (Fsp3) is 0.0909. The van der Waals surface area contributed by atoms with Crippen LogP contribution in [0.5, 0.6) is 0 Å². The summed E-state index contributed by atoms with van der Waals surface area (Å²) in [5.41, 5.74) is -0.677. The number of hydrogen-bond donors (Lipinski definition) is 0. The van der Waals surface area contributed by atoms with E-state index in [1.807, 2.05) is 0 Å². The van der Waals surface area contributed by atoms with Gasteiger partial charge in [-0.1, -0.05) is 30.3 Å². The van der Waals surface area contributed by atoms with E-state index in [2.05, 4.69) is 25.9 Å². The zero-order valence-corrected chi connectivity index (χ0v) is 22.3. The van der Waals surface area contributed by atoms with Crippen molar-refractivity contribution < 1.29 is 26.4 Å². The number of hydrogen-bond acceptors (Lipinski definition) is 10. The van der Waals surface area contributed by atoms with Gasteiger partial charge in [0.2, 0.25) is 11.6 Å². The summed E-state index contributed by atoms with van der Waals surface area (Å²) in [6.45, 7) is 0. The minimum Gasteiger partial charge on any atom is -0.287 e. The predicted octanol–water partition coefficient (Wildman–Crippen LogP) is 4.09. The summed E-state index contributed by atoms with van der Waals surface area (Å²) < 4.78 is 52.9. The molecular weight excluding hydrogens is 596 g/mol. The maximum Gasteiger partial charge on any atom is 0.214 e. The largest absolute Gasteiger partial charge is 0.287 e. The van der Waals surface area contributed by atoms with Crippen molar-refractivity contribution in [3.05, 3.63) is 91.6 Å². The Bertz CT molecular complexity index is 1730. The Morgan fingerprint density at radius 1 is 0.714 bits per heavy atom. The Balaban J connectivity index is 1.67. The highest BCUT2D eigenvalue weighted by Gasteiger charge is 2.35. The molecule has 178 valence electrons. The first kappa shape index (κ1) is 24.1. The van der Waals surface area contributed by atoms with Crippen molar-refractivity contribution in [3.8, 4) is 0 Å². The Morgan fingerprint density at radius 3 is 1.71 bits per heavy atom. The maximum absolute atomic E-state index is 13.1. The second kappa shape index (κ2) is 8.82. The number of halogens is 1. The quantitative estimate of drug-likeness (QED) is 0.282. The van der Waals surface area contributed by atoms with E-state index in [1.165, 1.54) is 24.3 Å². The van der Waals surface area contributed by atoms with Crippen LogP contribution >= 0.6 is 38.6 Å². The summed E-state index contributed by atoms with van der Waals surface area (Å²) in [6, 6.07) is 12.2. The molecule has 0 aliphatic heterocycles. The summed E-state index contributed by atoms with van der Waals surface area (Å²) in [4.78, 5) is 34.7. The predicted molar refractivity (Wildman–Crippen MR) is 133 cm³/mol. The van der Waals surface area contributed by atoms with Crippen LogP contribution in [0.1, 0.15) is 43.5 Å². The molecule has 0 spiro atoms. The van der Waals surface area contributed by atoms with E-state index < -0.39 is 42.7 Å². The lowest BCUT2D eigenvalue weighted by Gasteiger charge is -2.18. The fourth-order valence-electron chi connectivity index (χ4n) is 3.59. The average molecular weight is 610 g/mol. The van der Waals surface area contributed by atoms with Crippen molar-refractivity contribution in [2.24, 2.45) is 0 Å². The molecule has 3 heterocycles. The summed E-state index contributed by atoms with van der Waals surface area (Å²) >= 11 is 5.23. The second-order valence-electron chi connectivity index (χ2n) is 7.53. The van der Waals surface area contributed by atoms with E-state index in [9.17, 15) is 26.4 Å². The smallest absolute Gasteiger partial charge is 0.214 e. The third-order valence-electron chi connectivity index (χ3n) is 5.21. The summed E-state index contributed by atoms with van der Waals surface area (Å²) in [5, 5.41) is 1.60. The zero-order chi connectivity index (χ0) is 25.0. The Kier molecular flexibility index (Phi) is 6.08. The van der Waals surface area contributed by atoms with Crippen LogP contribution in [-0.2, 0) is 31.2 Å². The first-order valence-corrected chi connectivity index (χ1v) is 15.7. The molecule has 0 radical (unpaired) electrons. The van der Waals surface area contributed by atoms with Crippen molar-refractivity contribution in [1.29, 1.82) is 0 Å². The van der Waals surface area contributed by atoms with Crippen LogP contribution in [-0.4, -0.2) is 38.4 Å². The van der Waals surface area contributed by atoms with Gasteiger partial charge in [0.05, 0.1) is 26.7 Å². The third-order valence-corrected chi connectivity index (χ3v) is 12.2. The molecule has 5 rings (SSSR count). The number of carbonyl (C=O) groups is 2. The normalized spacial score (nSPS) is 13.5. The molecule has 3 aromatic heterocycles. The molecule has 1 aliphatic carbocycles. The van der Waals surface area contributed by atoms with Gasteiger partial charge in [-0.2, -0.15) is 0 Å². The molecule has 0 atom stereocenters. The Hall–Kier alpha value is -2.58. The number of sulfone groups is 2. The van der Waals surface area contributed by atoms with Crippen LogP contribution in [0.25, 0.3) is 0 Å². The van der Waals surface area contributed by atoms with Gasteiger partial charge >= 0.3 is 0 Å². The van der Waals surface area contributed by atoms with Crippen molar-refractivity contribution in [2.45, 2.75) is 19.9 Å². The van der Waals surface area contributed by atoms with Crippen molar-refractivity contribution >= 4 is 69.8 Å². The van der Waals surface area contributed by atoms with Gasteiger partial charge in [-0.05, 0) is 39.5 Å². The second-order valence-corrected chi connectivity index (χ2v) is 15.4. The van der Waals surface area contributed by atoms with Gasteiger partial charge in [0.15, 0.2) is 19.7 Å². The van der Waals surface area contributed by atoms with Crippen LogP contribution in [0, 0.1) is 0 Å². The van der Waals surface area contributed by atoms with Crippen LogP contribution < -0.4 is 0 Å². The number of nitrogens with zero attached hydrogens (tertiary/aromatic N) is 2. The third kappa shape index (κ3) is 4.42. The maximum atomic E-state index is 13.1. The molecule has 0 saturated carbocycles. The van der Waals surface area contributed by atoms with Gasteiger partial charge in [0.25, 0.3) is 0 Å². The lowest BCUT2D eigenvalue weighted by atomic mass is 9.89. The Morgan fingerprint density at radius 2 is 1.26 bits per heavy atom. The lowest BCUT2D eigenvalue weighted by molar-refractivity contribution is 0.0971. The van der Waals surface area contributed by atoms with Crippen LogP contribution in [0.2, 0.25) is 0 Å². The average Bonchev–Trinajstić information content (AvgIpc) is 3.51. The fourth-order valence-corrected chi connectivity index (χ4v) is 9.40. The van der Waals surface area contributed by atoms with E-state index in [4.69, 9.17) is 0 Å². The van der Waals surface area contributed by atoms with Crippen LogP contribution in [0.4, 0.5) is 0 Å². The number of ketones is 2. The molecule has 0 saturated heterocycles. The van der Waals surface area contributed by atoms with Gasteiger partial charge in [-0.25, -0.2) is 26.8 Å². The molecule has 1 aliphatic rings. The van der Waals surface area contributed by atoms with E-state index >= 15 is 0 Å². The number of thiophene rings is 2. The monoisotopic (exact) mass is 608 g/mol. The first-order valence-electron chi connectivity index (χ1n) is 9.89. The molecule has 0 fully saturated rings. The van der Waals surface area contributed by atoms with Gasteiger partial charge in [-0.3, -0.25) is 9.59 Å². The molecule has 35 heavy (non-hydrogen) atoms. The van der Waals surface area contributed by atoms with Gasteiger partial charge < -0.3 is 0 Å². The standard InChI is InChI=1S/C22H13BrN2O6S4/c23-16-7-8-18(33-16)35(30,31)11-15-14(10-34(28,29)17-6-3-9-32-17)24-19-20(25-15)22(27)13-5-2-1-4-12(13)21(19)26/h1-9H,10-11H2. The van der Waals surface area contributed by atoms with Crippen molar-refractivity contribution in [1.82, 2.24) is 9.97 Å². The topological polar surface area (TPSA) is 128 Å². The van der Waals surface area contributed by atoms with Crippen molar-refractivity contribution in [2.75, 3.05) is 0 Å². The highest BCUT2D eigenvalue weighted by Crippen LogP contribution is 2.31. The van der Waals surface area contributed by atoms with Gasteiger partial charge in [0.1, 0.15) is 19.8 Å². The van der Waals surface area contributed by atoms with Gasteiger partial charge in [-0.15, -0.1) is 22.7 Å². The Labute approximate surface area is 216 Å². The van der Waals surface area contributed by atoms with Crippen LogP contribution in [0.3, 0.4) is 0 Å². The molecule has 1 aromatic carbocycles. The van der Waals surface area contributed by atoms with E-state index in [-0.39, 0.29) is 42.3 Å². The summed E-state index contributed by atoms with van der Waals surface area (Å²) in [5.74, 6) is -2.50. The van der Waals surface area contributed by atoms with Crippen molar-refractivity contribution in [3.63, 3.8) is 0 Å². The molecule has 0 amide bonds. The van der Waals surface area contributed by atoms with E-state index in [0.717, 1.165) is 22.7 Å². The molecule has 0 bridgehead atoms. The summed E-state index contributed by atoms with van der Waals surface area (Å²) in [7, 11) is -7.85. The summed E-state index contributed by atoms with van der Waals surface area (Å²) in [6.07, 6.45) is 0. The SMILES string of the molecule is O=C1c2ccccc2C(=O)c2nc(CS(=O)(=O)c3ccc(Br)s3)c(CS(=O)(=O)c3cccs3)nc21. The zero-order valence-electron chi connectivity index (χ0n) is 17.5. The molecule has 0 unspecified atom stereocenters. The highest BCUT2D eigenvalue weighted by atomic mass is 79.9.